The second-order valence-electron chi connectivity index (χ2n) is 5.01. The molecule has 0 aliphatic carbocycles. The predicted molar refractivity (Wildman–Crippen MR) is 87.9 cm³/mol. The van der Waals surface area contributed by atoms with Gasteiger partial charge in [-0.1, -0.05) is 30.3 Å². The van der Waals surface area contributed by atoms with Gasteiger partial charge in [0.15, 0.2) is 6.10 Å². The van der Waals surface area contributed by atoms with Crippen molar-refractivity contribution in [3.8, 4) is 17.2 Å². The van der Waals surface area contributed by atoms with E-state index in [0.717, 1.165) is 5.56 Å². The summed E-state index contributed by atoms with van der Waals surface area (Å²) in [6, 6.07) is 14.9. The van der Waals surface area contributed by atoms with Gasteiger partial charge in [-0.3, -0.25) is 4.79 Å². The van der Waals surface area contributed by atoms with Crippen LogP contribution >= 0.6 is 0 Å². The normalized spacial score (nSPS) is 11.4. The molecule has 2 rings (SSSR count). The molecule has 1 N–H and O–H groups in total. The van der Waals surface area contributed by atoms with Crippen molar-refractivity contribution in [1.82, 2.24) is 5.32 Å². The molecule has 122 valence electrons. The molecule has 2 aromatic carbocycles. The van der Waals surface area contributed by atoms with E-state index in [0.29, 0.717) is 23.8 Å². The van der Waals surface area contributed by atoms with Crippen LogP contribution in [-0.4, -0.2) is 26.2 Å². The van der Waals surface area contributed by atoms with Crippen molar-refractivity contribution in [3.63, 3.8) is 0 Å². The van der Waals surface area contributed by atoms with Crippen molar-refractivity contribution in [2.75, 3.05) is 14.2 Å². The topological polar surface area (TPSA) is 56.8 Å². The fourth-order valence-electron chi connectivity index (χ4n) is 2.04. The van der Waals surface area contributed by atoms with Crippen LogP contribution in [0, 0.1) is 0 Å². The lowest BCUT2D eigenvalue weighted by molar-refractivity contribution is -0.127. The summed E-state index contributed by atoms with van der Waals surface area (Å²) in [6.07, 6.45) is -0.629. The third-order valence-electron chi connectivity index (χ3n) is 3.32. The van der Waals surface area contributed by atoms with Gasteiger partial charge in [-0.25, -0.2) is 0 Å². The summed E-state index contributed by atoms with van der Waals surface area (Å²) >= 11 is 0. The number of carbonyl (C=O) groups is 1. The van der Waals surface area contributed by atoms with Gasteiger partial charge >= 0.3 is 0 Å². The number of nitrogens with one attached hydrogen (secondary N) is 1. The maximum Gasteiger partial charge on any atom is 0.261 e. The molecule has 0 aliphatic heterocycles. The summed E-state index contributed by atoms with van der Waals surface area (Å²) in [5, 5.41) is 2.85. The second kappa shape index (κ2) is 8.08. The fourth-order valence-corrected chi connectivity index (χ4v) is 2.04. The van der Waals surface area contributed by atoms with Gasteiger partial charge in [0.1, 0.15) is 17.2 Å². The number of methoxy groups -OCH3 is 2. The molecule has 0 aliphatic rings. The maximum absolute atomic E-state index is 12.1. The number of amides is 1. The van der Waals surface area contributed by atoms with Gasteiger partial charge in [0, 0.05) is 24.7 Å². The smallest absolute Gasteiger partial charge is 0.261 e. The van der Waals surface area contributed by atoms with Crippen molar-refractivity contribution in [3.05, 3.63) is 54.1 Å². The van der Waals surface area contributed by atoms with E-state index >= 15 is 0 Å². The average molecular weight is 315 g/mol. The molecule has 0 saturated carbocycles. The quantitative estimate of drug-likeness (QED) is 0.853. The van der Waals surface area contributed by atoms with Crippen LogP contribution in [0.4, 0.5) is 0 Å². The van der Waals surface area contributed by atoms with Crippen LogP contribution in [-0.2, 0) is 11.3 Å². The highest BCUT2D eigenvalue weighted by molar-refractivity contribution is 5.80. The number of hydrogen-bond acceptors (Lipinski definition) is 4. The first-order valence-electron chi connectivity index (χ1n) is 7.33. The van der Waals surface area contributed by atoms with Crippen LogP contribution in [0.1, 0.15) is 12.5 Å². The van der Waals surface area contributed by atoms with Gasteiger partial charge in [0.2, 0.25) is 0 Å². The van der Waals surface area contributed by atoms with Gasteiger partial charge in [0.25, 0.3) is 5.91 Å². The van der Waals surface area contributed by atoms with E-state index in [1.54, 1.807) is 39.3 Å². The summed E-state index contributed by atoms with van der Waals surface area (Å²) in [5.41, 5.74) is 1.04. The van der Waals surface area contributed by atoms with Crippen LogP contribution in [0.15, 0.2) is 48.5 Å². The Balaban J connectivity index is 1.95. The molecule has 0 bridgehead atoms. The van der Waals surface area contributed by atoms with E-state index in [-0.39, 0.29) is 5.91 Å². The number of ether oxygens (including phenoxy) is 3. The minimum absolute atomic E-state index is 0.185. The summed E-state index contributed by atoms with van der Waals surface area (Å²) < 4.78 is 16.0. The van der Waals surface area contributed by atoms with Crippen LogP contribution in [0.25, 0.3) is 0 Å². The van der Waals surface area contributed by atoms with E-state index in [1.165, 1.54) is 0 Å². The number of hydrogen-bond donors (Lipinski definition) is 1. The molecule has 1 atom stereocenters. The molecular weight excluding hydrogens is 294 g/mol. The molecule has 0 heterocycles. The van der Waals surface area contributed by atoms with Crippen molar-refractivity contribution < 1.29 is 19.0 Å². The Hall–Kier alpha value is -2.69. The van der Waals surface area contributed by atoms with E-state index in [9.17, 15) is 4.79 Å². The first-order chi connectivity index (χ1) is 11.1. The van der Waals surface area contributed by atoms with Crippen molar-refractivity contribution >= 4 is 5.91 Å². The molecule has 5 heteroatoms. The Kier molecular flexibility index (Phi) is 5.86. The molecule has 2 aromatic rings. The third kappa shape index (κ3) is 4.92. The number of rotatable bonds is 7. The van der Waals surface area contributed by atoms with E-state index in [2.05, 4.69) is 5.32 Å². The van der Waals surface area contributed by atoms with Gasteiger partial charge < -0.3 is 19.5 Å². The minimum atomic E-state index is -0.629. The summed E-state index contributed by atoms with van der Waals surface area (Å²) in [7, 11) is 3.13. The van der Waals surface area contributed by atoms with Crippen molar-refractivity contribution in [1.29, 1.82) is 0 Å². The lowest BCUT2D eigenvalue weighted by Crippen LogP contribution is -2.35. The van der Waals surface area contributed by atoms with Crippen LogP contribution in [0.5, 0.6) is 17.2 Å². The fraction of sp³-hybridized carbons (Fsp3) is 0.278. The van der Waals surface area contributed by atoms with Gasteiger partial charge in [0.05, 0.1) is 14.2 Å². The second-order valence-corrected chi connectivity index (χ2v) is 5.01. The standard InChI is InChI=1S/C18H21NO4/c1-13(18(20)19-12-14-7-5-4-6-8-14)23-17-10-15(21-2)9-16(11-17)22-3/h4-11,13H,12H2,1-3H3,(H,19,20)/t13-/m1/s1. The lowest BCUT2D eigenvalue weighted by atomic mass is 10.2. The van der Waals surface area contributed by atoms with Gasteiger partial charge in [-0.15, -0.1) is 0 Å². The van der Waals surface area contributed by atoms with Crippen LogP contribution in [0.3, 0.4) is 0 Å². The molecule has 5 nitrogen and oxygen atoms in total. The van der Waals surface area contributed by atoms with Crippen molar-refractivity contribution in [2.24, 2.45) is 0 Å². The van der Waals surface area contributed by atoms with Crippen LogP contribution in [0.2, 0.25) is 0 Å². The Morgan fingerprint density at radius 1 is 1.00 bits per heavy atom. The summed E-state index contributed by atoms with van der Waals surface area (Å²) in [6.45, 7) is 2.17. The highest BCUT2D eigenvalue weighted by Crippen LogP contribution is 2.28. The SMILES string of the molecule is COc1cc(OC)cc(O[C@H](C)C(=O)NCc2ccccc2)c1. The lowest BCUT2D eigenvalue weighted by Gasteiger charge is -2.16. The summed E-state index contributed by atoms with van der Waals surface area (Å²) in [4.78, 5) is 12.1. The highest BCUT2D eigenvalue weighted by Gasteiger charge is 2.15. The Labute approximate surface area is 136 Å². The predicted octanol–water partition coefficient (Wildman–Crippen LogP) is 2.79. The molecule has 0 radical (unpaired) electrons. The monoisotopic (exact) mass is 315 g/mol. The average Bonchev–Trinajstić information content (AvgIpc) is 2.60. The zero-order valence-electron chi connectivity index (χ0n) is 13.5. The highest BCUT2D eigenvalue weighted by atomic mass is 16.5. The molecule has 0 aromatic heterocycles. The third-order valence-corrected chi connectivity index (χ3v) is 3.32. The van der Waals surface area contributed by atoms with E-state index in [4.69, 9.17) is 14.2 Å². The van der Waals surface area contributed by atoms with Crippen LogP contribution < -0.4 is 19.5 Å². The van der Waals surface area contributed by atoms with Gasteiger partial charge in [-0.2, -0.15) is 0 Å². The largest absolute Gasteiger partial charge is 0.496 e. The Bertz CT molecular complexity index is 620. The van der Waals surface area contributed by atoms with E-state index < -0.39 is 6.10 Å². The van der Waals surface area contributed by atoms with Crippen molar-refractivity contribution in [2.45, 2.75) is 19.6 Å². The molecule has 0 saturated heterocycles. The molecule has 0 fully saturated rings. The Morgan fingerprint density at radius 3 is 2.13 bits per heavy atom. The molecule has 1 amide bonds. The summed E-state index contributed by atoms with van der Waals surface area (Å²) in [5.74, 6) is 1.55. The molecule has 0 unspecified atom stereocenters. The zero-order chi connectivity index (χ0) is 16.7. The molecule has 23 heavy (non-hydrogen) atoms. The van der Waals surface area contributed by atoms with E-state index in [1.807, 2.05) is 30.3 Å². The van der Waals surface area contributed by atoms with Gasteiger partial charge in [-0.05, 0) is 12.5 Å². The number of benzene rings is 2. The first-order valence-corrected chi connectivity index (χ1v) is 7.33. The number of carbonyl (C=O) groups excluding carboxylic acids is 1. The maximum atomic E-state index is 12.1. The molecule has 0 spiro atoms. The zero-order valence-corrected chi connectivity index (χ0v) is 13.5. The Morgan fingerprint density at radius 2 is 1.57 bits per heavy atom. The first kappa shape index (κ1) is 16.7. The molecular formula is C18H21NO4. The minimum Gasteiger partial charge on any atom is -0.496 e.